The van der Waals surface area contributed by atoms with E-state index in [4.69, 9.17) is 5.73 Å². The molecule has 1 atom stereocenters. The number of fused-ring (bicyclic) bond motifs is 1. The van der Waals surface area contributed by atoms with E-state index in [0.29, 0.717) is 12.0 Å². The highest BCUT2D eigenvalue weighted by Gasteiger charge is 2.19. The molecule has 3 rings (SSSR count). The molecule has 0 saturated heterocycles. The van der Waals surface area contributed by atoms with Crippen molar-refractivity contribution < 1.29 is 9.18 Å². The summed E-state index contributed by atoms with van der Waals surface area (Å²) in [7, 11) is 0. The minimum atomic E-state index is -0.397. The van der Waals surface area contributed by atoms with E-state index in [-0.39, 0.29) is 11.7 Å². The Morgan fingerprint density at radius 1 is 1.20 bits per heavy atom. The smallest absolute Gasteiger partial charge is 0.228 e. The lowest BCUT2D eigenvalue weighted by molar-refractivity contribution is -0.115. The summed E-state index contributed by atoms with van der Waals surface area (Å²) in [6.45, 7) is 1.72. The predicted molar refractivity (Wildman–Crippen MR) is 75.9 cm³/mol. The zero-order valence-electron chi connectivity index (χ0n) is 11.1. The SMILES string of the molecule is Cc1ccc(C(N)c2ccc3c(c2)CC(=O)N3)cc1F. The van der Waals surface area contributed by atoms with Crippen LogP contribution >= 0.6 is 0 Å². The van der Waals surface area contributed by atoms with Crippen LogP contribution in [0.15, 0.2) is 36.4 Å². The van der Waals surface area contributed by atoms with Crippen LogP contribution in [0, 0.1) is 12.7 Å². The minimum Gasteiger partial charge on any atom is -0.326 e. The van der Waals surface area contributed by atoms with Gasteiger partial charge in [-0.25, -0.2) is 4.39 Å². The summed E-state index contributed by atoms with van der Waals surface area (Å²) in [6, 6.07) is 10.3. The maximum absolute atomic E-state index is 13.6. The first-order valence-electron chi connectivity index (χ1n) is 6.49. The lowest BCUT2D eigenvalue weighted by Crippen LogP contribution is -2.12. The van der Waals surface area contributed by atoms with Crippen molar-refractivity contribution in [3.05, 3.63) is 64.5 Å². The van der Waals surface area contributed by atoms with Crippen LogP contribution in [0.4, 0.5) is 10.1 Å². The van der Waals surface area contributed by atoms with E-state index in [1.54, 1.807) is 13.0 Å². The Morgan fingerprint density at radius 2 is 1.90 bits per heavy atom. The van der Waals surface area contributed by atoms with Gasteiger partial charge in [0.15, 0.2) is 0 Å². The lowest BCUT2D eigenvalue weighted by Gasteiger charge is -2.14. The molecule has 1 aliphatic heterocycles. The first kappa shape index (κ1) is 12.8. The molecule has 2 aromatic carbocycles. The highest BCUT2D eigenvalue weighted by Crippen LogP contribution is 2.28. The number of halogens is 1. The molecule has 0 spiro atoms. The van der Waals surface area contributed by atoms with Crippen molar-refractivity contribution in [3.63, 3.8) is 0 Å². The molecule has 3 nitrogen and oxygen atoms in total. The number of anilines is 1. The average molecular weight is 270 g/mol. The number of hydrogen-bond donors (Lipinski definition) is 2. The Labute approximate surface area is 116 Å². The average Bonchev–Trinajstić information content (AvgIpc) is 2.80. The standard InChI is InChI=1S/C16H15FN2O/c1-9-2-3-11(7-13(9)17)16(18)10-4-5-14-12(6-10)8-15(20)19-14/h2-7,16H,8,18H2,1H3,(H,19,20). The molecule has 0 aromatic heterocycles. The molecule has 1 amide bonds. The number of hydrogen-bond acceptors (Lipinski definition) is 2. The van der Waals surface area contributed by atoms with Crippen LogP contribution in [0.25, 0.3) is 0 Å². The number of carbonyl (C=O) groups excluding carboxylic acids is 1. The molecular formula is C16H15FN2O. The molecule has 20 heavy (non-hydrogen) atoms. The fraction of sp³-hybridized carbons (Fsp3) is 0.188. The molecule has 1 unspecified atom stereocenters. The van der Waals surface area contributed by atoms with Crippen LogP contribution < -0.4 is 11.1 Å². The van der Waals surface area contributed by atoms with Gasteiger partial charge >= 0.3 is 0 Å². The summed E-state index contributed by atoms with van der Waals surface area (Å²) in [4.78, 5) is 11.3. The predicted octanol–water partition coefficient (Wildman–Crippen LogP) is 2.68. The second-order valence-corrected chi connectivity index (χ2v) is 5.13. The molecule has 3 N–H and O–H groups in total. The van der Waals surface area contributed by atoms with E-state index < -0.39 is 6.04 Å². The third-order valence-electron chi connectivity index (χ3n) is 3.67. The second kappa shape index (κ2) is 4.72. The van der Waals surface area contributed by atoms with E-state index in [1.807, 2.05) is 24.3 Å². The Hall–Kier alpha value is -2.20. The van der Waals surface area contributed by atoms with Gasteiger partial charge in [0.1, 0.15) is 5.82 Å². The van der Waals surface area contributed by atoms with Crippen LogP contribution in [-0.2, 0) is 11.2 Å². The summed E-state index contributed by atoms with van der Waals surface area (Å²) in [5, 5.41) is 2.78. The first-order valence-corrected chi connectivity index (χ1v) is 6.49. The molecule has 4 heteroatoms. The van der Waals surface area contributed by atoms with Gasteiger partial charge in [-0.05, 0) is 41.3 Å². The Kier molecular flexibility index (Phi) is 3.03. The first-order chi connectivity index (χ1) is 9.54. The van der Waals surface area contributed by atoms with Gasteiger partial charge in [-0.15, -0.1) is 0 Å². The molecule has 0 aliphatic carbocycles. The van der Waals surface area contributed by atoms with Gasteiger partial charge in [-0.3, -0.25) is 4.79 Å². The fourth-order valence-corrected chi connectivity index (χ4v) is 2.44. The molecule has 0 radical (unpaired) electrons. The van der Waals surface area contributed by atoms with Gasteiger partial charge in [-0.1, -0.05) is 24.3 Å². The number of carbonyl (C=O) groups is 1. The molecular weight excluding hydrogens is 255 g/mol. The normalized spacial score (nSPS) is 14.8. The summed E-state index contributed by atoms with van der Waals surface area (Å²) < 4.78 is 13.6. The Balaban J connectivity index is 1.94. The van der Waals surface area contributed by atoms with Crippen LogP contribution in [0.5, 0.6) is 0 Å². The molecule has 0 saturated carbocycles. The van der Waals surface area contributed by atoms with Gasteiger partial charge in [0, 0.05) is 5.69 Å². The van der Waals surface area contributed by atoms with Gasteiger partial charge in [-0.2, -0.15) is 0 Å². The van der Waals surface area contributed by atoms with Gasteiger partial charge < -0.3 is 11.1 Å². The molecule has 0 fully saturated rings. The van der Waals surface area contributed by atoms with E-state index in [2.05, 4.69) is 5.32 Å². The summed E-state index contributed by atoms with van der Waals surface area (Å²) in [5.41, 5.74) is 10.2. The molecule has 1 aliphatic rings. The van der Waals surface area contributed by atoms with E-state index >= 15 is 0 Å². The van der Waals surface area contributed by atoms with Gasteiger partial charge in [0.05, 0.1) is 12.5 Å². The summed E-state index contributed by atoms with van der Waals surface area (Å²) in [6.07, 6.45) is 0.373. The summed E-state index contributed by atoms with van der Waals surface area (Å²) >= 11 is 0. The molecule has 2 aromatic rings. The van der Waals surface area contributed by atoms with Crippen molar-refractivity contribution >= 4 is 11.6 Å². The zero-order chi connectivity index (χ0) is 14.3. The number of nitrogens with one attached hydrogen (secondary N) is 1. The highest BCUT2D eigenvalue weighted by molar-refractivity contribution is 5.99. The number of nitrogens with two attached hydrogens (primary N) is 1. The van der Waals surface area contributed by atoms with E-state index in [1.165, 1.54) is 6.07 Å². The van der Waals surface area contributed by atoms with Crippen molar-refractivity contribution in [2.24, 2.45) is 5.73 Å². The van der Waals surface area contributed by atoms with Crippen LogP contribution in [0.1, 0.15) is 28.3 Å². The van der Waals surface area contributed by atoms with Gasteiger partial charge in [0.25, 0.3) is 0 Å². The second-order valence-electron chi connectivity index (χ2n) is 5.13. The van der Waals surface area contributed by atoms with Crippen molar-refractivity contribution in [1.82, 2.24) is 0 Å². The number of amides is 1. The van der Waals surface area contributed by atoms with Gasteiger partial charge in [0.2, 0.25) is 5.91 Å². The zero-order valence-corrected chi connectivity index (χ0v) is 11.1. The van der Waals surface area contributed by atoms with Crippen molar-refractivity contribution in [3.8, 4) is 0 Å². The fourth-order valence-electron chi connectivity index (χ4n) is 2.44. The van der Waals surface area contributed by atoms with E-state index in [0.717, 1.165) is 22.4 Å². The Bertz CT molecular complexity index is 697. The maximum atomic E-state index is 13.6. The molecule has 102 valence electrons. The third-order valence-corrected chi connectivity index (χ3v) is 3.67. The minimum absolute atomic E-state index is 0.00731. The van der Waals surface area contributed by atoms with Crippen molar-refractivity contribution in [1.29, 1.82) is 0 Å². The molecule has 0 bridgehead atoms. The maximum Gasteiger partial charge on any atom is 0.228 e. The van der Waals surface area contributed by atoms with Crippen molar-refractivity contribution in [2.45, 2.75) is 19.4 Å². The number of rotatable bonds is 2. The molecule has 1 heterocycles. The van der Waals surface area contributed by atoms with Crippen LogP contribution in [-0.4, -0.2) is 5.91 Å². The van der Waals surface area contributed by atoms with E-state index in [9.17, 15) is 9.18 Å². The third kappa shape index (κ3) is 2.18. The van der Waals surface area contributed by atoms with Crippen molar-refractivity contribution in [2.75, 3.05) is 5.32 Å². The van der Waals surface area contributed by atoms with Crippen LogP contribution in [0.3, 0.4) is 0 Å². The number of aryl methyl sites for hydroxylation is 1. The quantitative estimate of drug-likeness (QED) is 0.881. The summed E-state index contributed by atoms with van der Waals surface area (Å²) in [5.74, 6) is -0.261. The highest BCUT2D eigenvalue weighted by atomic mass is 19.1. The Morgan fingerprint density at radius 3 is 2.65 bits per heavy atom. The largest absolute Gasteiger partial charge is 0.326 e. The number of benzene rings is 2. The van der Waals surface area contributed by atoms with Crippen LogP contribution in [0.2, 0.25) is 0 Å². The monoisotopic (exact) mass is 270 g/mol. The topological polar surface area (TPSA) is 55.1 Å². The lowest BCUT2D eigenvalue weighted by atomic mass is 9.96.